The van der Waals surface area contributed by atoms with Gasteiger partial charge in [0.05, 0.1) is 7.11 Å². The molecule has 0 aliphatic rings. The van der Waals surface area contributed by atoms with Crippen molar-refractivity contribution < 1.29 is 4.74 Å². The molecule has 0 aromatic heterocycles. The van der Waals surface area contributed by atoms with E-state index < -0.39 is 0 Å². The lowest BCUT2D eigenvalue weighted by Crippen LogP contribution is -2.28. The SMILES string of the molecule is CCCC(C)N(C)Cc1cc(C(C)NC)ccc1OC. The largest absolute Gasteiger partial charge is 0.496 e. The van der Waals surface area contributed by atoms with Crippen molar-refractivity contribution in [1.82, 2.24) is 10.2 Å². The lowest BCUT2D eigenvalue weighted by atomic mass is 10.0. The molecular formula is C17H30N2O. The van der Waals surface area contributed by atoms with Crippen molar-refractivity contribution in [1.29, 1.82) is 0 Å². The summed E-state index contributed by atoms with van der Waals surface area (Å²) in [5, 5.41) is 3.29. The molecule has 0 fully saturated rings. The van der Waals surface area contributed by atoms with E-state index in [1.165, 1.54) is 24.0 Å². The summed E-state index contributed by atoms with van der Waals surface area (Å²) in [5.74, 6) is 0.979. The number of hydrogen-bond donors (Lipinski definition) is 1. The normalized spacial score (nSPS) is 14.3. The van der Waals surface area contributed by atoms with Gasteiger partial charge in [0, 0.05) is 24.2 Å². The highest BCUT2D eigenvalue weighted by molar-refractivity contribution is 5.38. The second kappa shape index (κ2) is 8.28. The van der Waals surface area contributed by atoms with E-state index in [9.17, 15) is 0 Å². The summed E-state index contributed by atoms with van der Waals surface area (Å²) in [5.41, 5.74) is 2.57. The van der Waals surface area contributed by atoms with Crippen molar-refractivity contribution in [2.24, 2.45) is 0 Å². The fourth-order valence-corrected chi connectivity index (χ4v) is 2.42. The third-order valence-electron chi connectivity index (χ3n) is 4.12. The van der Waals surface area contributed by atoms with E-state index in [-0.39, 0.29) is 0 Å². The van der Waals surface area contributed by atoms with Crippen molar-refractivity contribution in [3.05, 3.63) is 29.3 Å². The Labute approximate surface area is 124 Å². The first-order valence-corrected chi connectivity index (χ1v) is 7.57. The number of nitrogens with zero attached hydrogens (tertiary/aromatic N) is 1. The molecule has 0 saturated carbocycles. The van der Waals surface area contributed by atoms with Gasteiger partial charge in [0.25, 0.3) is 0 Å². The van der Waals surface area contributed by atoms with E-state index in [0.29, 0.717) is 12.1 Å². The predicted molar refractivity (Wildman–Crippen MR) is 86.3 cm³/mol. The molecule has 1 N–H and O–H groups in total. The van der Waals surface area contributed by atoms with Crippen molar-refractivity contribution in [3.8, 4) is 5.75 Å². The van der Waals surface area contributed by atoms with Gasteiger partial charge in [-0.2, -0.15) is 0 Å². The van der Waals surface area contributed by atoms with Gasteiger partial charge in [0.2, 0.25) is 0 Å². The lowest BCUT2D eigenvalue weighted by molar-refractivity contribution is 0.233. The first-order chi connectivity index (χ1) is 9.53. The Morgan fingerprint density at radius 2 is 2.00 bits per heavy atom. The molecule has 0 spiro atoms. The second-order valence-corrected chi connectivity index (χ2v) is 5.63. The maximum Gasteiger partial charge on any atom is 0.123 e. The van der Waals surface area contributed by atoms with Crippen molar-refractivity contribution in [2.75, 3.05) is 21.2 Å². The van der Waals surface area contributed by atoms with Gasteiger partial charge in [0.1, 0.15) is 5.75 Å². The molecule has 0 aliphatic heterocycles. The molecule has 1 aromatic carbocycles. The number of benzene rings is 1. The average Bonchev–Trinajstić information content (AvgIpc) is 2.46. The average molecular weight is 278 g/mol. The van der Waals surface area contributed by atoms with Crippen LogP contribution in [0.5, 0.6) is 5.75 Å². The topological polar surface area (TPSA) is 24.5 Å². The Morgan fingerprint density at radius 3 is 2.55 bits per heavy atom. The summed E-state index contributed by atoms with van der Waals surface area (Å²) < 4.78 is 5.51. The molecule has 0 aliphatic carbocycles. The van der Waals surface area contributed by atoms with Crippen LogP contribution in [0.1, 0.15) is 50.8 Å². The third kappa shape index (κ3) is 4.50. The van der Waals surface area contributed by atoms with E-state index in [1.807, 2.05) is 7.05 Å². The first-order valence-electron chi connectivity index (χ1n) is 7.57. The number of rotatable bonds is 8. The van der Waals surface area contributed by atoms with E-state index in [4.69, 9.17) is 4.74 Å². The quantitative estimate of drug-likeness (QED) is 0.786. The third-order valence-corrected chi connectivity index (χ3v) is 4.12. The number of methoxy groups -OCH3 is 1. The molecule has 2 atom stereocenters. The van der Waals surface area contributed by atoms with Gasteiger partial charge in [-0.3, -0.25) is 4.90 Å². The van der Waals surface area contributed by atoms with Crippen LogP contribution >= 0.6 is 0 Å². The zero-order chi connectivity index (χ0) is 15.1. The van der Waals surface area contributed by atoms with Crippen molar-refractivity contribution in [2.45, 2.75) is 52.2 Å². The number of nitrogens with one attached hydrogen (secondary N) is 1. The molecule has 1 aromatic rings. The van der Waals surface area contributed by atoms with Gasteiger partial charge in [-0.1, -0.05) is 19.4 Å². The molecule has 2 unspecified atom stereocenters. The van der Waals surface area contributed by atoms with Crippen LogP contribution in [0.2, 0.25) is 0 Å². The molecular weight excluding hydrogens is 248 g/mol. The standard InChI is InChI=1S/C17H30N2O/c1-7-8-13(2)19(5)12-16-11-15(14(3)18-4)9-10-17(16)20-6/h9-11,13-14,18H,7-8,12H2,1-6H3. The lowest BCUT2D eigenvalue weighted by Gasteiger charge is -2.25. The van der Waals surface area contributed by atoms with Crippen LogP contribution in [0.4, 0.5) is 0 Å². The highest BCUT2D eigenvalue weighted by Gasteiger charge is 2.13. The van der Waals surface area contributed by atoms with Gasteiger partial charge in [-0.05, 0) is 52.1 Å². The summed E-state index contributed by atoms with van der Waals surface area (Å²) in [6, 6.07) is 7.43. The van der Waals surface area contributed by atoms with Crippen LogP contribution in [0.3, 0.4) is 0 Å². The molecule has 0 bridgehead atoms. The fraction of sp³-hybridized carbons (Fsp3) is 0.647. The van der Waals surface area contributed by atoms with Crippen LogP contribution in [-0.2, 0) is 6.54 Å². The maximum atomic E-state index is 5.51. The van der Waals surface area contributed by atoms with E-state index >= 15 is 0 Å². The van der Waals surface area contributed by atoms with Crippen LogP contribution in [-0.4, -0.2) is 32.1 Å². The maximum absolute atomic E-state index is 5.51. The molecule has 0 radical (unpaired) electrons. The van der Waals surface area contributed by atoms with Crippen LogP contribution < -0.4 is 10.1 Å². The van der Waals surface area contributed by atoms with E-state index in [0.717, 1.165) is 12.3 Å². The minimum absolute atomic E-state index is 0.359. The molecule has 3 nitrogen and oxygen atoms in total. The smallest absolute Gasteiger partial charge is 0.123 e. The first kappa shape index (κ1) is 17.0. The molecule has 0 saturated heterocycles. The summed E-state index contributed by atoms with van der Waals surface area (Å²) >= 11 is 0. The summed E-state index contributed by atoms with van der Waals surface area (Å²) in [7, 11) is 5.92. The molecule has 3 heteroatoms. The predicted octanol–water partition coefficient (Wildman–Crippen LogP) is 3.60. The zero-order valence-corrected chi connectivity index (χ0v) is 13.9. The Morgan fingerprint density at radius 1 is 1.30 bits per heavy atom. The van der Waals surface area contributed by atoms with Crippen molar-refractivity contribution in [3.63, 3.8) is 0 Å². The molecule has 20 heavy (non-hydrogen) atoms. The Balaban J connectivity index is 2.90. The van der Waals surface area contributed by atoms with Crippen LogP contribution in [0, 0.1) is 0 Å². The Kier molecular flexibility index (Phi) is 7.03. The Hall–Kier alpha value is -1.06. The fourth-order valence-electron chi connectivity index (χ4n) is 2.42. The van der Waals surface area contributed by atoms with E-state index in [2.05, 4.69) is 56.2 Å². The Bertz CT molecular complexity index is 406. The van der Waals surface area contributed by atoms with E-state index in [1.54, 1.807) is 7.11 Å². The van der Waals surface area contributed by atoms with Crippen LogP contribution in [0.25, 0.3) is 0 Å². The van der Waals surface area contributed by atoms with Crippen molar-refractivity contribution >= 4 is 0 Å². The molecule has 1 rings (SSSR count). The molecule has 0 amide bonds. The van der Waals surface area contributed by atoms with Crippen LogP contribution in [0.15, 0.2) is 18.2 Å². The van der Waals surface area contributed by atoms with Gasteiger partial charge >= 0.3 is 0 Å². The van der Waals surface area contributed by atoms with Gasteiger partial charge < -0.3 is 10.1 Å². The molecule has 0 heterocycles. The number of hydrogen-bond acceptors (Lipinski definition) is 3. The summed E-state index contributed by atoms with van der Waals surface area (Å²) in [6.07, 6.45) is 2.45. The minimum Gasteiger partial charge on any atom is -0.496 e. The van der Waals surface area contributed by atoms with Gasteiger partial charge in [0.15, 0.2) is 0 Å². The highest BCUT2D eigenvalue weighted by Crippen LogP contribution is 2.25. The zero-order valence-electron chi connectivity index (χ0n) is 13.9. The van der Waals surface area contributed by atoms with Gasteiger partial charge in [-0.15, -0.1) is 0 Å². The minimum atomic E-state index is 0.359. The summed E-state index contributed by atoms with van der Waals surface area (Å²) in [6.45, 7) is 7.62. The monoisotopic (exact) mass is 278 g/mol. The summed E-state index contributed by atoms with van der Waals surface area (Å²) in [4.78, 5) is 2.40. The molecule has 114 valence electrons. The van der Waals surface area contributed by atoms with Gasteiger partial charge in [-0.25, -0.2) is 0 Å². The second-order valence-electron chi connectivity index (χ2n) is 5.63. The highest BCUT2D eigenvalue weighted by atomic mass is 16.5. The number of ether oxygens (including phenoxy) is 1.